The van der Waals surface area contributed by atoms with Gasteiger partial charge in [-0.1, -0.05) is 23.2 Å². The Morgan fingerprint density at radius 1 is 0.806 bits per heavy atom. The van der Waals surface area contributed by atoms with E-state index in [0.717, 1.165) is 0 Å². The highest BCUT2D eigenvalue weighted by Crippen LogP contribution is 2.33. The van der Waals surface area contributed by atoms with Crippen molar-refractivity contribution in [1.29, 1.82) is 0 Å². The summed E-state index contributed by atoms with van der Waals surface area (Å²) in [5.41, 5.74) is 0. The van der Waals surface area contributed by atoms with Crippen LogP contribution in [0.15, 0.2) is 46.2 Å². The molecule has 0 saturated heterocycles. The van der Waals surface area contributed by atoms with Gasteiger partial charge < -0.3 is 23.7 Å². The predicted octanol–water partition coefficient (Wildman–Crippen LogP) is 4.33. The van der Waals surface area contributed by atoms with Gasteiger partial charge in [0.25, 0.3) is 0 Å². The Balaban J connectivity index is 2.15. The van der Waals surface area contributed by atoms with Gasteiger partial charge in [-0.2, -0.15) is 0 Å². The molecule has 0 amide bonds. The van der Waals surface area contributed by atoms with Gasteiger partial charge in [0.15, 0.2) is 6.10 Å². The minimum absolute atomic E-state index is 0.0148. The number of sulfone groups is 1. The Hall–Kier alpha value is -2.24. The summed E-state index contributed by atoms with van der Waals surface area (Å²) in [6.07, 6.45) is -1.35. The van der Waals surface area contributed by atoms with Crippen molar-refractivity contribution < 1.29 is 41.7 Å². The molecule has 2 aromatic carbocycles. The first-order chi connectivity index (χ1) is 17.0. The van der Waals surface area contributed by atoms with Crippen molar-refractivity contribution >= 4 is 56.6 Å². The maximum Gasteiger partial charge on any atom is 0.303 e. The normalized spacial score (nSPS) is 12.9. The lowest BCUT2D eigenvalue weighted by Crippen LogP contribution is -2.28. The fourth-order valence-corrected chi connectivity index (χ4v) is 4.98. The Labute approximate surface area is 224 Å². The van der Waals surface area contributed by atoms with Crippen LogP contribution >= 0.6 is 34.8 Å². The highest BCUT2D eigenvalue weighted by atomic mass is 35.5. The van der Waals surface area contributed by atoms with E-state index in [4.69, 9.17) is 58.5 Å². The maximum absolute atomic E-state index is 13.1. The lowest BCUT2D eigenvalue weighted by molar-refractivity contribution is -0.150. The molecule has 0 aliphatic heterocycles. The summed E-state index contributed by atoms with van der Waals surface area (Å²) in [6.45, 7) is 2.52. The number of rotatable bonds is 13. The highest BCUT2D eigenvalue weighted by molar-refractivity contribution is 7.91. The zero-order chi connectivity index (χ0) is 26.9. The van der Waals surface area contributed by atoms with E-state index in [-0.39, 0.29) is 57.0 Å². The molecule has 0 unspecified atom stereocenters. The first-order valence-corrected chi connectivity index (χ1v) is 13.2. The van der Waals surface area contributed by atoms with Crippen LogP contribution in [0.2, 0.25) is 10.0 Å². The van der Waals surface area contributed by atoms with Crippen LogP contribution in [0.5, 0.6) is 11.5 Å². The highest BCUT2D eigenvalue weighted by Gasteiger charge is 2.22. The number of hydrogen-bond acceptors (Lipinski definition) is 9. The van der Waals surface area contributed by atoms with Crippen LogP contribution in [0.1, 0.15) is 13.8 Å². The van der Waals surface area contributed by atoms with Crippen molar-refractivity contribution in [2.45, 2.75) is 35.8 Å². The van der Waals surface area contributed by atoms with Crippen LogP contribution in [0.4, 0.5) is 0 Å². The maximum atomic E-state index is 13.1. The second-order valence-electron chi connectivity index (χ2n) is 7.38. The number of esters is 2. The molecule has 2 atom stereocenters. The average Bonchev–Trinajstić information content (AvgIpc) is 2.80. The summed E-state index contributed by atoms with van der Waals surface area (Å²) in [5, 5.41) is 0.0756. The summed E-state index contributed by atoms with van der Waals surface area (Å²) >= 11 is 18.2. The second-order valence-corrected chi connectivity index (χ2v) is 10.5. The largest absolute Gasteiger partial charge is 0.488 e. The van der Waals surface area contributed by atoms with Crippen molar-refractivity contribution in [1.82, 2.24) is 0 Å². The Morgan fingerprint density at radius 3 is 1.64 bits per heavy atom. The quantitative estimate of drug-likeness (QED) is 0.251. The number of hydrogen-bond donors (Lipinski definition) is 0. The Morgan fingerprint density at radius 2 is 1.25 bits per heavy atom. The third-order valence-corrected chi connectivity index (χ3v) is 7.15. The molecule has 13 heteroatoms. The van der Waals surface area contributed by atoms with E-state index >= 15 is 0 Å². The van der Waals surface area contributed by atoms with Gasteiger partial charge in [-0.25, -0.2) is 8.42 Å². The first kappa shape index (κ1) is 30.0. The van der Waals surface area contributed by atoms with Crippen LogP contribution in [-0.2, 0) is 33.6 Å². The molecule has 0 fully saturated rings. The van der Waals surface area contributed by atoms with E-state index in [9.17, 15) is 18.0 Å². The van der Waals surface area contributed by atoms with Crippen LogP contribution in [0, 0.1) is 0 Å². The van der Waals surface area contributed by atoms with E-state index in [1.165, 1.54) is 57.4 Å². The Bertz CT molecular complexity index is 1170. The van der Waals surface area contributed by atoms with E-state index in [1.54, 1.807) is 0 Å². The summed E-state index contributed by atoms with van der Waals surface area (Å²) < 4.78 is 52.4. The number of carbonyl (C=O) groups is 2. The second kappa shape index (κ2) is 13.9. The molecule has 2 rings (SSSR count). The minimum atomic E-state index is -3.98. The number of benzene rings is 2. The van der Waals surface area contributed by atoms with Gasteiger partial charge in [-0.15, -0.1) is 11.6 Å². The van der Waals surface area contributed by atoms with E-state index in [2.05, 4.69) is 0 Å². The molecular weight excluding hydrogens is 559 g/mol. The molecule has 0 aliphatic rings. The van der Waals surface area contributed by atoms with Crippen molar-refractivity contribution in [2.24, 2.45) is 0 Å². The number of alkyl halides is 1. The minimum Gasteiger partial charge on any atom is -0.488 e. The van der Waals surface area contributed by atoms with Crippen molar-refractivity contribution in [3.05, 3.63) is 46.4 Å². The smallest absolute Gasteiger partial charge is 0.303 e. The van der Waals surface area contributed by atoms with Crippen molar-refractivity contribution in [3.63, 3.8) is 0 Å². The number of methoxy groups -OCH3 is 1. The van der Waals surface area contributed by atoms with Gasteiger partial charge in [0.2, 0.25) is 9.84 Å². The van der Waals surface area contributed by atoms with Crippen LogP contribution in [-0.4, -0.2) is 65.4 Å². The topological polar surface area (TPSA) is 114 Å². The summed E-state index contributed by atoms with van der Waals surface area (Å²) in [6, 6.07) is 7.92. The van der Waals surface area contributed by atoms with Crippen LogP contribution in [0.25, 0.3) is 0 Å². The molecule has 0 aliphatic carbocycles. The van der Waals surface area contributed by atoms with Crippen LogP contribution < -0.4 is 9.47 Å². The predicted molar refractivity (Wildman–Crippen MR) is 133 cm³/mol. The zero-order valence-corrected chi connectivity index (χ0v) is 22.7. The molecule has 0 aromatic heterocycles. The van der Waals surface area contributed by atoms with Gasteiger partial charge in [0, 0.05) is 21.0 Å². The monoisotopic (exact) mass is 582 g/mol. The van der Waals surface area contributed by atoms with Crippen molar-refractivity contribution in [3.8, 4) is 11.5 Å². The van der Waals surface area contributed by atoms with Gasteiger partial charge in [-0.05, 0) is 36.4 Å². The molecular formula is C23H25Cl3O9S. The summed E-state index contributed by atoms with van der Waals surface area (Å²) in [7, 11) is -2.53. The molecule has 9 nitrogen and oxygen atoms in total. The van der Waals surface area contributed by atoms with Crippen molar-refractivity contribution in [2.75, 3.05) is 32.8 Å². The molecule has 0 bridgehead atoms. The molecule has 0 saturated carbocycles. The fraction of sp³-hybridized carbons (Fsp3) is 0.391. The van der Waals surface area contributed by atoms with E-state index < -0.39 is 34.0 Å². The lowest BCUT2D eigenvalue weighted by Gasteiger charge is -2.18. The summed E-state index contributed by atoms with van der Waals surface area (Å²) in [4.78, 5) is 22.1. The van der Waals surface area contributed by atoms with Crippen LogP contribution in [0.3, 0.4) is 0 Å². The number of halogens is 3. The standard InChI is InChI=1S/C23H25Cl3O9S/c1-14(27)34-16(10-24)12-32-22-6-4-18(8-20(22)25)36(29,30)19-5-7-23(21(26)9-19)33-13-17(11-31-3)35-15(2)28/h4-9,16-17H,10-13H2,1-3H3/t16-,17+/m1/s1. The number of carbonyl (C=O) groups excluding carboxylic acids is 2. The SMILES string of the molecule is COC[C@@H](COc1ccc(S(=O)(=O)c2ccc(OC[C@@H](CCl)OC(C)=O)c(Cl)c2)cc1Cl)OC(C)=O. The fourth-order valence-electron chi connectivity index (χ4n) is 2.91. The third kappa shape index (κ3) is 8.70. The molecule has 0 heterocycles. The zero-order valence-electron chi connectivity index (χ0n) is 19.7. The summed E-state index contributed by atoms with van der Waals surface area (Å²) in [5.74, 6) is -0.594. The van der Waals surface area contributed by atoms with E-state index in [1.807, 2.05) is 0 Å². The average molecular weight is 584 g/mol. The molecule has 0 radical (unpaired) electrons. The molecule has 0 spiro atoms. The van der Waals surface area contributed by atoms with Gasteiger partial charge >= 0.3 is 11.9 Å². The Kier molecular flexibility index (Phi) is 11.6. The van der Waals surface area contributed by atoms with Gasteiger partial charge in [-0.3, -0.25) is 9.59 Å². The molecule has 36 heavy (non-hydrogen) atoms. The molecule has 198 valence electrons. The molecule has 2 aromatic rings. The van der Waals surface area contributed by atoms with E-state index in [0.29, 0.717) is 0 Å². The van der Waals surface area contributed by atoms with Gasteiger partial charge in [0.05, 0.1) is 32.3 Å². The lowest BCUT2D eigenvalue weighted by atomic mass is 10.3. The third-order valence-electron chi connectivity index (χ3n) is 4.47. The number of ether oxygens (including phenoxy) is 5. The first-order valence-electron chi connectivity index (χ1n) is 10.5. The van der Waals surface area contributed by atoms with Gasteiger partial charge in [0.1, 0.15) is 30.8 Å². The molecule has 0 N–H and O–H groups in total.